The number of nitrogens with zero attached hydrogens (tertiary/aromatic N) is 2. The van der Waals surface area contributed by atoms with E-state index >= 15 is 0 Å². The zero-order valence-electron chi connectivity index (χ0n) is 21.8. The van der Waals surface area contributed by atoms with Gasteiger partial charge in [0.2, 0.25) is 0 Å². The Morgan fingerprint density at radius 1 is 0.732 bits per heavy atom. The summed E-state index contributed by atoms with van der Waals surface area (Å²) in [5.74, 6) is -2.79. The van der Waals surface area contributed by atoms with Crippen LogP contribution in [0.3, 0.4) is 0 Å². The molecule has 13 heteroatoms. The SMILES string of the molecule is Cc1cc(C(F)(C(F)(F)F)C(F)(F)F)cc(C)c1N(C)C(=O)c1cccc(N(CC(=O)O)C(=O)c2ccccc2)c1. The number of alkyl halides is 7. The summed E-state index contributed by atoms with van der Waals surface area (Å²) in [6.45, 7) is 1.52. The van der Waals surface area contributed by atoms with E-state index in [1.807, 2.05) is 0 Å². The van der Waals surface area contributed by atoms with Crippen molar-refractivity contribution in [3.05, 3.63) is 94.5 Å². The summed E-state index contributed by atoms with van der Waals surface area (Å²) in [6.07, 6.45) is -12.6. The van der Waals surface area contributed by atoms with Crippen molar-refractivity contribution in [1.29, 1.82) is 0 Å². The quantitative estimate of drug-likeness (QED) is 0.318. The van der Waals surface area contributed by atoms with Crippen molar-refractivity contribution in [3.8, 4) is 0 Å². The van der Waals surface area contributed by atoms with Gasteiger partial charge in [0.1, 0.15) is 6.54 Å². The standard InChI is InChI=1S/C28H23F7N2O4/c1-16-12-20(26(29,27(30,31)32)28(33,34)35)13-17(2)23(16)36(3)24(40)19-10-7-11-21(14-19)37(15-22(38)39)25(41)18-8-5-4-6-9-18/h4-14H,15H2,1-3H3,(H,38,39). The summed E-state index contributed by atoms with van der Waals surface area (Å²) < 4.78 is 94.3. The minimum Gasteiger partial charge on any atom is -0.480 e. The molecule has 6 nitrogen and oxygen atoms in total. The van der Waals surface area contributed by atoms with Gasteiger partial charge in [-0.2, -0.15) is 26.3 Å². The molecule has 0 aliphatic heterocycles. The normalized spacial score (nSPS) is 12.1. The Labute approximate surface area is 229 Å². The van der Waals surface area contributed by atoms with Crippen LogP contribution in [0.25, 0.3) is 0 Å². The molecule has 0 saturated heterocycles. The van der Waals surface area contributed by atoms with E-state index < -0.39 is 47.9 Å². The topological polar surface area (TPSA) is 77.9 Å². The van der Waals surface area contributed by atoms with Crippen LogP contribution < -0.4 is 9.80 Å². The summed E-state index contributed by atoms with van der Waals surface area (Å²) in [5.41, 5.74) is -7.72. The van der Waals surface area contributed by atoms with E-state index in [4.69, 9.17) is 0 Å². The Morgan fingerprint density at radius 3 is 1.73 bits per heavy atom. The average molecular weight is 584 g/mol. The van der Waals surface area contributed by atoms with E-state index in [0.29, 0.717) is 12.1 Å². The molecule has 3 aromatic carbocycles. The van der Waals surface area contributed by atoms with Crippen molar-refractivity contribution in [2.45, 2.75) is 31.9 Å². The number of amides is 2. The summed E-state index contributed by atoms with van der Waals surface area (Å²) in [4.78, 5) is 39.8. The lowest BCUT2D eigenvalue weighted by Gasteiger charge is -2.32. The number of carboxylic acid groups (broad SMARTS) is 1. The predicted molar refractivity (Wildman–Crippen MR) is 136 cm³/mol. The van der Waals surface area contributed by atoms with Crippen molar-refractivity contribution in [3.63, 3.8) is 0 Å². The third-order valence-corrected chi connectivity index (χ3v) is 6.27. The fraction of sp³-hybridized carbons (Fsp3) is 0.250. The van der Waals surface area contributed by atoms with Gasteiger partial charge in [0.15, 0.2) is 0 Å². The van der Waals surface area contributed by atoms with Gasteiger partial charge in [-0.05, 0) is 55.3 Å². The number of halogens is 7. The van der Waals surface area contributed by atoms with Gasteiger partial charge in [-0.3, -0.25) is 19.3 Å². The third-order valence-electron chi connectivity index (χ3n) is 6.27. The van der Waals surface area contributed by atoms with Crippen molar-refractivity contribution in [2.75, 3.05) is 23.4 Å². The van der Waals surface area contributed by atoms with Crippen LogP contribution in [0.1, 0.15) is 37.4 Å². The molecule has 0 aromatic heterocycles. The smallest absolute Gasteiger partial charge is 0.435 e. The van der Waals surface area contributed by atoms with Gasteiger partial charge in [0.05, 0.1) is 0 Å². The van der Waals surface area contributed by atoms with Crippen LogP contribution in [-0.4, -0.2) is 48.8 Å². The summed E-state index contributed by atoms with van der Waals surface area (Å²) in [6, 6.07) is 13.8. The highest BCUT2D eigenvalue weighted by Gasteiger charge is 2.73. The van der Waals surface area contributed by atoms with Crippen LogP contribution in [0.15, 0.2) is 66.7 Å². The Kier molecular flexibility index (Phi) is 8.51. The second-order valence-corrected chi connectivity index (χ2v) is 9.18. The van der Waals surface area contributed by atoms with Crippen LogP contribution in [-0.2, 0) is 10.5 Å². The number of hydrogen-bond acceptors (Lipinski definition) is 3. The third kappa shape index (κ3) is 6.03. The highest BCUT2D eigenvalue weighted by Crippen LogP contribution is 2.54. The molecule has 0 unspecified atom stereocenters. The zero-order chi connectivity index (χ0) is 30.9. The highest BCUT2D eigenvalue weighted by molar-refractivity contribution is 6.10. The lowest BCUT2D eigenvalue weighted by molar-refractivity contribution is -0.348. The Bertz CT molecular complexity index is 1430. The first kappa shape index (κ1) is 31.1. The maximum Gasteiger partial charge on any atom is 0.435 e. The van der Waals surface area contributed by atoms with Crippen LogP contribution in [0.2, 0.25) is 0 Å². The monoisotopic (exact) mass is 584 g/mol. The number of benzene rings is 3. The van der Waals surface area contributed by atoms with Gasteiger partial charge >= 0.3 is 24.0 Å². The van der Waals surface area contributed by atoms with E-state index in [9.17, 15) is 50.2 Å². The lowest BCUT2D eigenvalue weighted by Crippen LogP contribution is -2.50. The molecule has 2 amide bonds. The summed E-state index contributed by atoms with van der Waals surface area (Å²) >= 11 is 0. The van der Waals surface area contributed by atoms with Gasteiger partial charge in [-0.25, -0.2) is 4.39 Å². The Morgan fingerprint density at radius 2 is 1.24 bits per heavy atom. The molecule has 0 bridgehead atoms. The number of carbonyl (C=O) groups is 3. The number of carboxylic acids is 1. The zero-order valence-corrected chi connectivity index (χ0v) is 21.8. The van der Waals surface area contributed by atoms with Crippen molar-refractivity contribution in [1.82, 2.24) is 0 Å². The van der Waals surface area contributed by atoms with Crippen LogP contribution in [0, 0.1) is 13.8 Å². The predicted octanol–water partition coefficient (Wildman–Crippen LogP) is 6.60. The molecule has 0 radical (unpaired) electrons. The van der Waals surface area contributed by atoms with Crippen molar-refractivity contribution in [2.24, 2.45) is 0 Å². The molecule has 0 saturated carbocycles. The molecular formula is C28H23F7N2O4. The average Bonchev–Trinajstić information content (AvgIpc) is 2.89. The van der Waals surface area contributed by atoms with Gasteiger partial charge in [0.25, 0.3) is 11.8 Å². The largest absolute Gasteiger partial charge is 0.480 e. The minimum absolute atomic E-state index is 0.0434. The first-order valence-corrected chi connectivity index (χ1v) is 11.8. The van der Waals surface area contributed by atoms with Crippen LogP contribution >= 0.6 is 0 Å². The molecule has 3 aromatic rings. The van der Waals surface area contributed by atoms with Gasteiger partial charge < -0.3 is 10.0 Å². The molecule has 3 rings (SSSR count). The first-order chi connectivity index (χ1) is 18.9. The van der Waals surface area contributed by atoms with E-state index in [1.165, 1.54) is 43.4 Å². The summed E-state index contributed by atoms with van der Waals surface area (Å²) in [7, 11) is 1.21. The minimum atomic E-state index is -6.30. The number of aliphatic carboxylic acids is 1. The van der Waals surface area contributed by atoms with Crippen LogP contribution in [0.5, 0.6) is 0 Å². The number of aryl methyl sites for hydroxylation is 2. The molecule has 0 heterocycles. The summed E-state index contributed by atoms with van der Waals surface area (Å²) in [5, 5.41) is 9.36. The van der Waals surface area contributed by atoms with Crippen molar-refractivity contribution >= 4 is 29.2 Å². The fourth-order valence-electron chi connectivity index (χ4n) is 4.43. The van der Waals surface area contributed by atoms with Gasteiger partial charge in [-0.1, -0.05) is 36.4 Å². The lowest BCUT2D eigenvalue weighted by atomic mass is 9.90. The highest BCUT2D eigenvalue weighted by atomic mass is 19.4. The molecule has 1 N–H and O–H groups in total. The molecule has 0 atom stereocenters. The first-order valence-electron chi connectivity index (χ1n) is 11.8. The maximum absolute atomic E-state index is 14.6. The van der Waals surface area contributed by atoms with E-state index in [1.54, 1.807) is 18.2 Å². The van der Waals surface area contributed by atoms with E-state index in [0.717, 1.165) is 23.6 Å². The van der Waals surface area contributed by atoms with E-state index in [2.05, 4.69) is 0 Å². The van der Waals surface area contributed by atoms with E-state index in [-0.39, 0.29) is 33.6 Å². The maximum atomic E-state index is 14.6. The van der Waals surface area contributed by atoms with Crippen LogP contribution in [0.4, 0.5) is 42.1 Å². The molecule has 0 aliphatic carbocycles. The molecule has 0 spiro atoms. The molecular weight excluding hydrogens is 561 g/mol. The molecule has 218 valence electrons. The molecule has 0 aliphatic rings. The molecule has 0 fully saturated rings. The number of anilines is 2. The second-order valence-electron chi connectivity index (χ2n) is 9.18. The van der Waals surface area contributed by atoms with Gasteiger partial charge in [0, 0.05) is 35.1 Å². The number of hydrogen-bond donors (Lipinski definition) is 1. The fourth-order valence-corrected chi connectivity index (χ4v) is 4.43. The van der Waals surface area contributed by atoms with Gasteiger partial charge in [-0.15, -0.1) is 0 Å². The number of rotatable bonds is 7. The Hall–Kier alpha value is -4.42. The number of carbonyl (C=O) groups excluding carboxylic acids is 2. The molecule has 41 heavy (non-hydrogen) atoms. The second kappa shape index (κ2) is 11.2. The Balaban J connectivity index is 2.02. The van der Waals surface area contributed by atoms with Crippen molar-refractivity contribution < 1.29 is 50.2 Å².